The minimum absolute atomic E-state index is 0.119. The molecule has 5 heteroatoms. The van der Waals surface area contributed by atoms with Gasteiger partial charge in [0.25, 0.3) is 0 Å². The van der Waals surface area contributed by atoms with Gasteiger partial charge in [-0.05, 0) is 310 Å². The number of pyridine rings is 1. The van der Waals surface area contributed by atoms with Crippen LogP contribution in [0.3, 0.4) is 0 Å². The molecular formula is C115H85N5. The summed E-state index contributed by atoms with van der Waals surface area (Å²) in [7, 11) is 0. The number of hydrogen-bond donors (Lipinski definition) is 0. The standard InChI is InChI=1S/C59H43N3.C56H42N2/c1-2-10-38-30-44(21-18-37(38)9-1)61-53-16-6-4-12-45(53)47-31-39(19-22-54(47)61)40-20-23-55-48(32-40)49-34-52-41(11-8-24-60-52)33-57(49)62(55)56-17-7-15-51-58(56)46-13-3-5-14-50(46)59(51)42-26-35-25-36(28-42)29-43(59)27-35;1-2-11-37-31-42(23-20-36(37)10-1)57-50-17-7-4-12-43(50)46-32-38(21-24-52(46)57)39-22-25-53-47(33-39)44-13-5-8-18-51(44)58(53)54-19-9-16-49-55(54)45-14-3-6-15-48(45)56(49)40-27-34-26-35(29-40)30-41(56)28-34/h1-24,30-36,42-43H,25-29H2;1-25,31-35,40-41H,26-30H2. The molecule has 31 rings (SSSR count). The summed E-state index contributed by atoms with van der Waals surface area (Å²) < 4.78 is 10.1. The summed E-state index contributed by atoms with van der Waals surface area (Å²) in [5, 5.41) is 16.4. The maximum Gasteiger partial charge on any atom is 0.0709 e. The average molecular weight is 1540 g/mol. The molecule has 5 aromatic heterocycles. The number of rotatable bonds is 6. The molecule has 8 saturated carbocycles. The first kappa shape index (κ1) is 66.6. The van der Waals surface area contributed by atoms with Crippen LogP contribution in [0.1, 0.15) is 86.5 Å². The summed E-state index contributed by atoms with van der Waals surface area (Å²) in [6, 6.07) is 129. The lowest BCUT2D eigenvalue weighted by Crippen LogP contribution is -2.55. The number of fused-ring (bicyclic) bond motifs is 21. The van der Waals surface area contributed by atoms with Crippen molar-refractivity contribution in [2.75, 3.05) is 0 Å². The summed E-state index contributed by atoms with van der Waals surface area (Å²) in [6.07, 6.45) is 16.0. The fourth-order valence-electron chi connectivity index (χ4n) is 27.7. The Hall–Kier alpha value is -13.4. The number of aromatic nitrogens is 5. The van der Waals surface area contributed by atoms with Crippen molar-refractivity contribution in [3.8, 4) is 67.3 Å². The molecule has 0 unspecified atom stereocenters. The summed E-state index contributed by atoms with van der Waals surface area (Å²) in [6.45, 7) is 0. The molecule has 0 aliphatic heterocycles. The molecule has 2 spiro atoms. The Labute approximate surface area is 696 Å². The van der Waals surface area contributed by atoms with E-state index in [1.807, 2.05) is 6.20 Å². The van der Waals surface area contributed by atoms with Gasteiger partial charge in [0, 0.05) is 88.0 Å². The van der Waals surface area contributed by atoms with Gasteiger partial charge in [-0.25, -0.2) is 0 Å². The molecular weight excluding hydrogens is 1450 g/mol. The van der Waals surface area contributed by atoms with Crippen molar-refractivity contribution in [1.29, 1.82) is 0 Å². The van der Waals surface area contributed by atoms with Gasteiger partial charge in [0.15, 0.2) is 0 Å². The fourth-order valence-corrected chi connectivity index (χ4v) is 27.7. The van der Waals surface area contributed by atoms with Crippen LogP contribution < -0.4 is 0 Å². The first-order valence-corrected chi connectivity index (χ1v) is 44.3. The molecule has 8 bridgehead atoms. The Morgan fingerprint density at radius 3 is 1.02 bits per heavy atom. The zero-order valence-electron chi connectivity index (χ0n) is 66.8. The second-order valence-electron chi connectivity index (χ2n) is 37.3. The highest BCUT2D eigenvalue weighted by atomic mass is 15.0. The summed E-state index contributed by atoms with van der Waals surface area (Å²) in [5.74, 6) is 6.66. The normalized spacial score (nSPS) is 22.6. The first-order chi connectivity index (χ1) is 59.4. The van der Waals surface area contributed by atoms with Gasteiger partial charge in [0.2, 0.25) is 0 Å². The van der Waals surface area contributed by atoms with Gasteiger partial charge in [-0.2, -0.15) is 0 Å². The van der Waals surface area contributed by atoms with Crippen LogP contribution in [-0.2, 0) is 10.8 Å². The predicted octanol–water partition coefficient (Wildman–Crippen LogP) is 29.4. The van der Waals surface area contributed by atoms with Crippen LogP contribution in [0, 0.1) is 47.3 Å². The molecule has 0 radical (unpaired) electrons. The number of benzene rings is 16. The second-order valence-corrected chi connectivity index (χ2v) is 37.3. The third-order valence-electron chi connectivity index (χ3n) is 31.8. The van der Waals surface area contributed by atoms with Gasteiger partial charge in [-0.15, -0.1) is 0 Å². The molecule has 570 valence electrons. The van der Waals surface area contributed by atoms with Crippen LogP contribution in [0.4, 0.5) is 0 Å². The minimum Gasteiger partial charge on any atom is -0.309 e. The topological polar surface area (TPSA) is 32.6 Å². The lowest BCUT2D eigenvalue weighted by atomic mass is 9.43. The molecule has 5 heterocycles. The van der Waals surface area contributed by atoms with E-state index in [1.54, 1.807) is 22.3 Å². The largest absolute Gasteiger partial charge is 0.309 e. The van der Waals surface area contributed by atoms with E-state index in [2.05, 4.69) is 358 Å². The Morgan fingerprint density at radius 1 is 0.225 bits per heavy atom. The van der Waals surface area contributed by atoms with E-state index in [1.165, 1.54) is 246 Å². The smallest absolute Gasteiger partial charge is 0.0709 e. The second kappa shape index (κ2) is 24.7. The van der Waals surface area contributed by atoms with Gasteiger partial charge in [-0.1, -0.05) is 218 Å². The zero-order chi connectivity index (χ0) is 78.0. The van der Waals surface area contributed by atoms with E-state index >= 15 is 0 Å². The molecule has 0 saturated heterocycles. The van der Waals surface area contributed by atoms with E-state index in [0.717, 1.165) is 52.9 Å². The van der Waals surface area contributed by atoms with Crippen molar-refractivity contribution in [1.82, 2.24) is 23.3 Å². The Kier molecular flexibility index (Phi) is 13.7. The van der Waals surface area contributed by atoms with Crippen molar-refractivity contribution in [2.45, 2.75) is 75.0 Å². The first-order valence-electron chi connectivity index (χ1n) is 44.3. The van der Waals surface area contributed by atoms with Crippen LogP contribution in [-0.4, -0.2) is 23.3 Å². The molecule has 10 aliphatic rings. The van der Waals surface area contributed by atoms with E-state index in [-0.39, 0.29) is 10.8 Å². The molecule has 120 heavy (non-hydrogen) atoms. The highest BCUT2D eigenvalue weighted by molar-refractivity contribution is 6.17. The molecule has 8 fully saturated rings. The lowest BCUT2D eigenvalue weighted by Gasteiger charge is -2.61. The third kappa shape index (κ3) is 9.04. The van der Waals surface area contributed by atoms with E-state index < -0.39 is 0 Å². The number of para-hydroxylation sites is 3. The molecule has 0 amide bonds. The predicted molar refractivity (Wildman–Crippen MR) is 498 cm³/mol. The van der Waals surface area contributed by atoms with Gasteiger partial charge in [0.05, 0.1) is 61.0 Å². The van der Waals surface area contributed by atoms with E-state index in [9.17, 15) is 0 Å². The van der Waals surface area contributed by atoms with Crippen molar-refractivity contribution >= 4 is 120 Å². The van der Waals surface area contributed by atoms with Gasteiger partial charge >= 0.3 is 0 Å². The van der Waals surface area contributed by atoms with Gasteiger partial charge in [0.1, 0.15) is 0 Å². The van der Waals surface area contributed by atoms with Crippen molar-refractivity contribution < 1.29 is 0 Å². The van der Waals surface area contributed by atoms with Crippen molar-refractivity contribution in [3.05, 3.63) is 368 Å². The van der Waals surface area contributed by atoms with E-state index in [0.29, 0.717) is 0 Å². The maximum atomic E-state index is 4.88. The molecule has 21 aromatic rings. The summed E-state index contributed by atoms with van der Waals surface area (Å²) in [5.41, 5.74) is 33.5. The summed E-state index contributed by atoms with van der Waals surface area (Å²) in [4.78, 5) is 4.88. The Morgan fingerprint density at radius 2 is 0.567 bits per heavy atom. The van der Waals surface area contributed by atoms with Crippen LogP contribution in [0.15, 0.2) is 346 Å². The minimum atomic E-state index is 0.119. The van der Waals surface area contributed by atoms with Crippen LogP contribution in [0.5, 0.6) is 0 Å². The monoisotopic (exact) mass is 1540 g/mol. The average Bonchev–Trinajstić information content (AvgIpc) is 1.49. The molecule has 10 aliphatic carbocycles. The van der Waals surface area contributed by atoms with Crippen molar-refractivity contribution in [2.24, 2.45) is 47.3 Å². The number of hydrogen-bond acceptors (Lipinski definition) is 1. The van der Waals surface area contributed by atoms with E-state index in [4.69, 9.17) is 4.98 Å². The molecule has 5 nitrogen and oxygen atoms in total. The highest BCUT2D eigenvalue weighted by Gasteiger charge is 2.63. The summed E-state index contributed by atoms with van der Waals surface area (Å²) >= 11 is 0. The quantitative estimate of drug-likeness (QED) is 0.163. The maximum absolute atomic E-state index is 4.88. The van der Waals surface area contributed by atoms with Crippen LogP contribution in [0.2, 0.25) is 0 Å². The number of nitrogens with zero attached hydrogens (tertiary/aromatic N) is 5. The molecule has 0 N–H and O–H groups in total. The fraction of sp³-hybridized carbons (Fsp3) is 0.174. The highest BCUT2D eigenvalue weighted by Crippen LogP contribution is 2.72. The zero-order valence-corrected chi connectivity index (χ0v) is 66.8. The molecule has 0 atom stereocenters. The van der Waals surface area contributed by atoms with Gasteiger partial charge in [-0.3, -0.25) is 4.98 Å². The Balaban J connectivity index is 0.000000124. The molecule has 16 aromatic carbocycles. The van der Waals surface area contributed by atoms with Gasteiger partial charge < -0.3 is 18.3 Å². The Bertz CT molecular complexity index is 7990. The van der Waals surface area contributed by atoms with Crippen LogP contribution in [0.25, 0.3) is 187 Å². The third-order valence-corrected chi connectivity index (χ3v) is 31.8. The van der Waals surface area contributed by atoms with Crippen LogP contribution >= 0.6 is 0 Å². The van der Waals surface area contributed by atoms with Crippen molar-refractivity contribution in [3.63, 3.8) is 0 Å². The SMILES string of the molecule is c1ccc2c(c1)-c1c(-n3c4ccc(-c5ccc6c(c5)c5ccccc5n6-c5ccc6ccccc6c5)cc4c4cc5ncccc5cc43)cccc1C21C2CC3CC(C2)CC1C3.c1ccc2c(c1)-c1c(-n3c4ccccc4c4cc(-c5ccc6c(c5)c5ccccc5n6-c5ccc6ccccc6c5)ccc43)cccc1C21C2CC3CC(C2)CC1C3. The lowest BCUT2D eigenvalue weighted by molar-refractivity contribution is -0.0399.